The summed E-state index contributed by atoms with van der Waals surface area (Å²) in [5.74, 6) is 1.15. The average Bonchev–Trinajstić information content (AvgIpc) is 2.26. The van der Waals surface area contributed by atoms with Crippen LogP contribution in [-0.2, 0) is 4.74 Å². The molecule has 1 fully saturated rings. The summed E-state index contributed by atoms with van der Waals surface area (Å²) in [4.78, 5) is 0. The largest absolute Gasteiger partial charge is 0.394 e. The van der Waals surface area contributed by atoms with Crippen LogP contribution in [0.4, 0.5) is 0 Å². The maximum Gasteiger partial charge on any atom is 0.0835 e. The summed E-state index contributed by atoms with van der Waals surface area (Å²) >= 11 is 0. The molecule has 0 heterocycles. The van der Waals surface area contributed by atoms with E-state index in [4.69, 9.17) is 15.6 Å². The first-order valence-corrected chi connectivity index (χ1v) is 6.11. The minimum atomic E-state index is -0.171. The summed E-state index contributed by atoms with van der Waals surface area (Å²) in [5.41, 5.74) is 5.73. The molecule has 0 aromatic carbocycles. The van der Waals surface area contributed by atoms with Gasteiger partial charge in [-0.1, -0.05) is 26.7 Å². The molecule has 1 rings (SSSR count). The van der Waals surface area contributed by atoms with Crippen LogP contribution in [0.15, 0.2) is 0 Å². The van der Waals surface area contributed by atoms with E-state index < -0.39 is 0 Å². The minimum Gasteiger partial charge on any atom is -0.394 e. The number of aliphatic hydroxyl groups excluding tert-OH is 1. The lowest BCUT2D eigenvalue weighted by Gasteiger charge is -2.45. The van der Waals surface area contributed by atoms with Crippen LogP contribution in [0, 0.1) is 11.8 Å². The summed E-state index contributed by atoms with van der Waals surface area (Å²) in [5, 5.41) is 8.87. The van der Waals surface area contributed by atoms with Gasteiger partial charge in [-0.05, 0) is 24.7 Å². The highest BCUT2D eigenvalue weighted by molar-refractivity contribution is 4.94. The second kappa shape index (κ2) is 5.83. The van der Waals surface area contributed by atoms with E-state index in [-0.39, 0.29) is 12.2 Å². The molecule has 0 aromatic rings. The number of hydrogen-bond donors (Lipinski definition) is 2. The van der Waals surface area contributed by atoms with E-state index in [9.17, 15) is 0 Å². The Balaban J connectivity index is 2.70. The van der Waals surface area contributed by atoms with Crippen LogP contribution in [0.25, 0.3) is 0 Å². The van der Waals surface area contributed by atoms with Gasteiger partial charge in [-0.2, -0.15) is 0 Å². The highest BCUT2D eigenvalue weighted by atomic mass is 16.5. The van der Waals surface area contributed by atoms with Gasteiger partial charge >= 0.3 is 0 Å². The van der Waals surface area contributed by atoms with E-state index in [1.807, 2.05) is 0 Å². The molecule has 90 valence electrons. The molecule has 0 radical (unpaired) electrons. The minimum absolute atomic E-state index is 0.0898. The SMILES string of the molecule is CC(C)C1CCCCC1(CN)OCCO. The van der Waals surface area contributed by atoms with Crippen LogP contribution >= 0.6 is 0 Å². The van der Waals surface area contributed by atoms with Crippen molar-refractivity contribution in [2.75, 3.05) is 19.8 Å². The Labute approximate surface area is 93.0 Å². The molecule has 3 N–H and O–H groups in total. The van der Waals surface area contributed by atoms with Gasteiger partial charge in [-0.15, -0.1) is 0 Å². The average molecular weight is 215 g/mol. The van der Waals surface area contributed by atoms with Crippen LogP contribution in [-0.4, -0.2) is 30.5 Å². The lowest BCUT2D eigenvalue weighted by molar-refractivity contribution is -0.121. The lowest BCUT2D eigenvalue weighted by Crippen LogP contribution is -2.51. The van der Waals surface area contributed by atoms with Crippen molar-refractivity contribution in [1.29, 1.82) is 0 Å². The van der Waals surface area contributed by atoms with Gasteiger partial charge in [0.25, 0.3) is 0 Å². The highest BCUT2D eigenvalue weighted by Gasteiger charge is 2.41. The Bertz CT molecular complexity index is 184. The van der Waals surface area contributed by atoms with Gasteiger partial charge < -0.3 is 15.6 Å². The molecular weight excluding hydrogens is 190 g/mol. The summed E-state index contributed by atoms with van der Waals surface area (Å²) in [6.07, 6.45) is 4.74. The molecule has 2 atom stereocenters. The molecule has 0 aromatic heterocycles. The summed E-state index contributed by atoms with van der Waals surface area (Å²) in [6, 6.07) is 0. The molecule has 1 aliphatic carbocycles. The van der Waals surface area contributed by atoms with Crippen molar-refractivity contribution in [3.8, 4) is 0 Å². The van der Waals surface area contributed by atoms with E-state index in [1.54, 1.807) is 0 Å². The molecule has 0 aliphatic heterocycles. The lowest BCUT2D eigenvalue weighted by atomic mass is 9.70. The number of nitrogens with two attached hydrogens (primary N) is 1. The molecule has 0 spiro atoms. The topological polar surface area (TPSA) is 55.5 Å². The zero-order valence-corrected chi connectivity index (χ0v) is 10.0. The van der Waals surface area contributed by atoms with Crippen LogP contribution in [0.2, 0.25) is 0 Å². The maximum absolute atomic E-state index is 8.87. The Kier molecular flexibility index (Phi) is 5.03. The standard InChI is InChI=1S/C12H25NO2/c1-10(2)11-5-3-4-6-12(11,9-13)15-8-7-14/h10-11,14H,3-9,13H2,1-2H3. The molecule has 0 saturated heterocycles. The molecule has 15 heavy (non-hydrogen) atoms. The normalized spacial score (nSPS) is 32.2. The molecule has 1 aliphatic rings. The Hall–Kier alpha value is -0.120. The third-order valence-corrected chi connectivity index (χ3v) is 3.67. The van der Waals surface area contributed by atoms with Crippen molar-refractivity contribution in [2.45, 2.75) is 45.1 Å². The van der Waals surface area contributed by atoms with Gasteiger partial charge in [0.15, 0.2) is 0 Å². The van der Waals surface area contributed by atoms with E-state index in [0.717, 1.165) is 6.42 Å². The predicted molar refractivity (Wildman–Crippen MR) is 61.6 cm³/mol. The fraction of sp³-hybridized carbons (Fsp3) is 1.00. The predicted octanol–water partition coefficient (Wildman–Crippen LogP) is 1.54. The first-order chi connectivity index (χ1) is 7.16. The molecule has 3 heteroatoms. The third-order valence-electron chi connectivity index (χ3n) is 3.67. The Morgan fingerprint density at radius 3 is 2.73 bits per heavy atom. The van der Waals surface area contributed by atoms with Crippen LogP contribution in [0.5, 0.6) is 0 Å². The van der Waals surface area contributed by atoms with Crippen molar-refractivity contribution in [2.24, 2.45) is 17.6 Å². The van der Waals surface area contributed by atoms with Crippen LogP contribution in [0.1, 0.15) is 39.5 Å². The van der Waals surface area contributed by atoms with Gasteiger partial charge in [-0.25, -0.2) is 0 Å². The molecular formula is C12H25NO2. The zero-order chi connectivity index (χ0) is 11.3. The monoisotopic (exact) mass is 215 g/mol. The van der Waals surface area contributed by atoms with E-state index in [2.05, 4.69) is 13.8 Å². The molecule has 1 saturated carbocycles. The van der Waals surface area contributed by atoms with Gasteiger partial charge in [0.05, 0.1) is 18.8 Å². The van der Waals surface area contributed by atoms with E-state index in [0.29, 0.717) is 25.0 Å². The van der Waals surface area contributed by atoms with E-state index >= 15 is 0 Å². The van der Waals surface area contributed by atoms with Gasteiger partial charge in [0.2, 0.25) is 0 Å². The fourth-order valence-electron chi connectivity index (χ4n) is 2.92. The van der Waals surface area contributed by atoms with Gasteiger partial charge in [-0.3, -0.25) is 0 Å². The highest BCUT2D eigenvalue weighted by Crippen LogP contribution is 2.40. The van der Waals surface area contributed by atoms with Crippen molar-refractivity contribution < 1.29 is 9.84 Å². The van der Waals surface area contributed by atoms with Crippen molar-refractivity contribution >= 4 is 0 Å². The molecule has 0 amide bonds. The van der Waals surface area contributed by atoms with Gasteiger partial charge in [0.1, 0.15) is 0 Å². The Morgan fingerprint density at radius 2 is 2.20 bits per heavy atom. The second-order valence-corrected chi connectivity index (χ2v) is 4.94. The van der Waals surface area contributed by atoms with Crippen LogP contribution in [0.3, 0.4) is 0 Å². The quantitative estimate of drug-likeness (QED) is 0.731. The molecule has 0 bridgehead atoms. The summed E-state index contributed by atoms with van der Waals surface area (Å²) in [7, 11) is 0. The number of hydrogen-bond acceptors (Lipinski definition) is 3. The molecule has 2 unspecified atom stereocenters. The number of aliphatic hydroxyl groups is 1. The van der Waals surface area contributed by atoms with E-state index in [1.165, 1.54) is 19.3 Å². The maximum atomic E-state index is 8.87. The summed E-state index contributed by atoms with van der Waals surface area (Å²) < 4.78 is 5.87. The zero-order valence-electron chi connectivity index (χ0n) is 10.0. The number of ether oxygens (including phenoxy) is 1. The van der Waals surface area contributed by atoms with Crippen molar-refractivity contribution in [1.82, 2.24) is 0 Å². The van der Waals surface area contributed by atoms with Crippen LogP contribution < -0.4 is 5.73 Å². The summed E-state index contributed by atoms with van der Waals surface area (Å²) in [6.45, 7) is 5.56. The van der Waals surface area contributed by atoms with Crippen molar-refractivity contribution in [3.63, 3.8) is 0 Å². The second-order valence-electron chi connectivity index (χ2n) is 4.94. The van der Waals surface area contributed by atoms with Gasteiger partial charge in [0, 0.05) is 6.54 Å². The smallest absolute Gasteiger partial charge is 0.0835 e. The fourth-order valence-corrected chi connectivity index (χ4v) is 2.92. The Morgan fingerprint density at radius 1 is 1.47 bits per heavy atom. The first kappa shape index (κ1) is 12.9. The first-order valence-electron chi connectivity index (χ1n) is 6.11. The van der Waals surface area contributed by atoms with Crippen molar-refractivity contribution in [3.05, 3.63) is 0 Å². The molecule has 3 nitrogen and oxygen atoms in total. The number of rotatable bonds is 5. The third kappa shape index (κ3) is 2.92.